The molecule has 0 aromatic rings. The number of esters is 2. The summed E-state index contributed by atoms with van der Waals surface area (Å²) in [6.07, 6.45) is 7.26. The average Bonchev–Trinajstić information content (AvgIpc) is 3.15. The Labute approximate surface area is 210 Å². The van der Waals surface area contributed by atoms with Gasteiger partial charge in [0.05, 0.1) is 18.3 Å². The summed E-state index contributed by atoms with van der Waals surface area (Å²) >= 11 is 0. The number of fused-ring (bicyclic) bond motifs is 7. The number of hydrogen-bond donors (Lipinski definition) is 1. The predicted octanol–water partition coefficient (Wildman–Crippen LogP) is 5.38. The highest BCUT2D eigenvalue weighted by Crippen LogP contribution is 2.74. The molecule has 0 saturated heterocycles. The van der Waals surface area contributed by atoms with Gasteiger partial charge in [-0.05, 0) is 72.5 Å². The van der Waals surface area contributed by atoms with Gasteiger partial charge in [0, 0.05) is 24.8 Å². The van der Waals surface area contributed by atoms with E-state index in [2.05, 4.69) is 34.6 Å². The highest BCUT2D eigenvalue weighted by Gasteiger charge is 2.71. The van der Waals surface area contributed by atoms with Crippen molar-refractivity contribution in [3.63, 3.8) is 0 Å². The second kappa shape index (κ2) is 7.97. The van der Waals surface area contributed by atoms with Crippen LogP contribution in [0.1, 0.15) is 93.4 Å². The lowest BCUT2D eigenvalue weighted by atomic mass is 9.34. The van der Waals surface area contributed by atoms with Crippen LogP contribution >= 0.6 is 0 Å². The number of hydrogen-bond acceptors (Lipinski definition) is 6. The number of rotatable bonds is 2. The van der Waals surface area contributed by atoms with Crippen LogP contribution in [0.25, 0.3) is 0 Å². The van der Waals surface area contributed by atoms with Crippen LogP contribution in [0.4, 0.5) is 0 Å². The lowest BCUT2D eigenvalue weighted by molar-refractivity contribution is -0.262. The molecule has 1 N–H and O–H groups in total. The summed E-state index contributed by atoms with van der Waals surface area (Å²) in [6, 6.07) is 0. The van der Waals surface area contributed by atoms with E-state index in [0.717, 1.165) is 18.4 Å². The molecule has 0 aromatic carbocycles. The second-order valence-electron chi connectivity index (χ2n) is 13.7. The van der Waals surface area contributed by atoms with Gasteiger partial charge in [0.1, 0.15) is 6.10 Å². The molecule has 0 spiro atoms. The van der Waals surface area contributed by atoms with Crippen molar-refractivity contribution in [3.05, 3.63) is 11.8 Å². The van der Waals surface area contributed by atoms with Crippen LogP contribution in [0.3, 0.4) is 0 Å². The van der Waals surface area contributed by atoms with Crippen LogP contribution in [-0.2, 0) is 23.8 Å². The van der Waals surface area contributed by atoms with Crippen LogP contribution in [0, 0.1) is 45.3 Å². The molecule has 0 bridgehead atoms. The Balaban J connectivity index is 1.59. The topological polar surface area (TPSA) is 82.1 Å². The van der Waals surface area contributed by atoms with Crippen molar-refractivity contribution < 1.29 is 28.9 Å². The monoisotopic (exact) mass is 488 g/mol. The number of aliphatic hydroxyl groups is 1. The zero-order chi connectivity index (χ0) is 25.6. The van der Waals surface area contributed by atoms with Crippen LogP contribution in [-0.4, -0.2) is 35.5 Å². The average molecular weight is 489 g/mol. The second-order valence-corrected chi connectivity index (χ2v) is 13.7. The first-order chi connectivity index (χ1) is 16.2. The van der Waals surface area contributed by atoms with E-state index in [1.54, 1.807) is 6.26 Å². The zero-order valence-electron chi connectivity index (χ0n) is 22.6. The molecule has 6 nitrogen and oxygen atoms in total. The van der Waals surface area contributed by atoms with Crippen molar-refractivity contribution in [1.82, 2.24) is 0 Å². The van der Waals surface area contributed by atoms with Crippen molar-refractivity contribution in [1.29, 1.82) is 0 Å². The lowest BCUT2D eigenvalue weighted by Gasteiger charge is -2.71. The van der Waals surface area contributed by atoms with E-state index in [4.69, 9.17) is 14.2 Å². The number of carbonyl (C=O) groups excluding carboxylic acids is 2. The summed E-state index contributed by atoms with van der Waals surface area (Å²) < 4.78 is 17.4. The minimum atomic E-state index is -0.802. The molecule has 5 aliphatic rings. The van der Waals surface area contributed by atoms with E-state index in [9.17, 15) is 14.7 Å². The first-order valence-electron chi connectivity index (χ1n) is 13.6. The van der Waals surface area contributed by atoms with Gasteiger partial charge in [-0.3, -0.25) is 9.59 Å². The van der Waals surface area contributed by atoms with Gasteiger partial charge >= 0.3 is 11.9 Å². The number of carbonyl (C=O) groups is 2. The Kier molecular flexibility index (Phi) is 5.71. The Bertz CT molecular complexity index is 939. The van der Waals surface area contributed by atoms with Gasteiger partial charge < -0.3 is 19.3 Å². The molecule has 0 aromatic heterocycles. The molecule has 0 radical (unpaired) electrons. The van der Waals surface area contributed by atoms with Gasteiger partial charge in [-0.15, -0.1) is 0 Å². The van der Waals surface area contributed by atoms with E-state index in [1.807, 2.05) is 0 Å². The van der Waals surface area contributed by atoms with E-state index < -0.39 is 29.9 Å². The van der Waals surface area contributed by atoms with Crippen LogP contribution < -0.4 is 0 Å². The van der Waals surface area contributed by atoms with Gasteiger partial charge in [0.15, 0.2) is 0 Å². The van der Waals surface area contributed by atoms with Crippen molar-refractivity contribution in [2.75, 3.05) is 0 Å². The summed E-state index contributed by atoms with van der Waals surface area (Å²) in [6.45, 7) is 14.8. The summed E-state index contributed by atoms with van der Waals surface area (Å²) in [5, 5.41) is 12.0. The molecule has 1 aliphatic heterocycles. The maximum atomic E-state index is 12.1. The van der Waals surface area contributed by atoms with Crippen molar-refractivity contribution in [2.45, 2.75) is 112 Å². The summed E-state index contributed by atoms with van der Waals surface area (Å²) in [5.74, 6) is 0.0707. The van der Waals surface area contributed by atoms with E-state index in [0.29, 0.717) is 23.7 Å². The lowest BCUT2D eigenvalue weighted by Crippen LogP contribution is -2.68. The van der Waals surface area contributed by atoms with Crippen LogP contribution in [0.15, 0.2) is 11.8 Å². The molecular weight excluding hydrogens is 444 g/mol. The molecule has 6 heteroatoms. The molecule has 196 valence electrons. The fourth-order valence-electron chi connectivity index (χ4n) is 10.3. The van der Waals surface area contributed by atoms with Gasteiger partial charge in [-0.2, -0.15) is 0 Å². The highest BCUT2D eigenvalue weighted by molar-refractivity contribution is 5.67. The molecule has 4 fully saturated rings. The minimum absolute atomic E-state index is 0.0139. The molecule has 0 amide bonds. The molecular formula is C29H44O6. The van der Waals surface area contributed by atoms with Crippen molar-refractivity contribution in [3.8, 4) is 0 Å². The first-order valence-corrected chi connectivity index (χ1v) is 13.6. The quantitative estimate of drug-likeness (QED) is 0.526. The predicted molar refractivity (Wildman–Crippen MR) is 131 cm³/mol. The summed E-state index contributed by atoms with van der Waals surface area (Å²) in [4.78, 5) is 24.1. The summed E-state index contributed by atoms with van der Waals surface area (Å²) in [7, 11) is 0. The zero-order valence-corrected chi connectivity index (χ0v) is 22.6. The molecule has 10 atom stereocenters. The molecule has 5 rings (SSSR count). The molecule has 3 unspecified atom stereocenters. The number of aliphatic hydroxyl groups excluding tert-OH is 1. The molecule has 4 aliphatic carbocycles. The maximum absolute atomic E-state index is 12.1. The molecule has 35 heavy (non-hydrogen) atoms. The first kappa shape index (κ1) is 25.1. The van der Waals surface area contributed by atoms with Gasteiger partial charge in [-0.25, -0.2) is 0 Å². The van der Waals surface area contributed by atoms with Crippen LogP contribution in [0.5, 0.6) is 0 Å². The van der Waals surface area contributed by atoms with Gasteiger partial charge in [0.2, 0.25) is 0 Å². The Hall–Kier alpha value is -1.56. The van der Waals surface area contributed by atoms with Crippen molar-refractivity contribution >= 4 is 11.9 Å². The summed E-state index contributed by atoms with van der Waals surface area (Å²) in [5.41, 5.74) is 0.760. The van der Waals surface area contributed by atoms with E-state index in [-0.39, 0.29) is 28.6 Å². The third kappa shape index (κ3) is 3.44. The van der Waals surface area contributed by atoms with Crippen LogP contribution in [0.2, 0.25) is 0 Å². The largest absolute Gasteiger partial charge is 0.462 e. The van der Waals surface area contributed by atoms with E-state index >= 15 is 0 Å². The highest BCUT2D eigenvalue weighted by atomic mass is 16.7. The Morgan fingerprint density at radius 2 is 1.57 bits per heavy atom. The SMILES string of the molecule is CC(=O)O[C@H]1OC=C2[C@@H](OC(C)=O)CC3[C@]4(C)CCC5C(C)(C)CCC[C@]5(C)C4C[C@H](O)[C@]3(C)[C@@H]21. The van der Waals surface area contributed by atoms with Gasteiger partial charge in [-0.1, -0.05) is 41.0 Å². The van der Waals surface area contributed by atoms with Gasteiger partial charge in [0.25, 0.3) is 6.29 Å². The normalized spacial score (nSPS) is 49.8. The maximum Gasteiger partial charge on any atom is 0.305 e. The Morgan fingerprint density at radius 3 is 2.23 bits per heavy atom. The minimum Gasteiger partial charge on any atom is -0.462 e. The third-order valence-electron chi connectivity index (χ3n) is 11.6. The smallest absolute Gasteiger partial charge is 0.305 e. The molecule has 1 heterocycles. The fourth-order valence-corrected chi connectivity index (χ4v) is 10.3. The van der Waals surface area contributed by atoms with E-state index in [1.165, 1.54) is 39.5 Å². The number of ether oxygens (including phenoxy) is 3. The van der Waals surface area contributed by atoms with Crippen molar-refractivity contribution in [2.24, 2.45) is 45.3 Å². The standard InChI is InChI=1S/C29H44O6/c1-16(30)34-19-13-22-28(6)12-9-20-26(3,4)10-8-11-27(20,5)21(28)14-23(32)29(22,7)24-18(19)15-33-25(24)35-17(2)31/h15,19-25,32H,8-14H2,1-7H3/t19-,20?,21?,22?,23-,24-,25+,27-,28+,29+/m0/s1. The fraction of sp³-hybridized carbons (Fsp3) is 0.862. The third-order valence-corrected chi connectivity index (χ3v) is 11.6. The Morgan fingerprint density at radius 1 is 0.914 bits per heavy atom. The molecule has 4 saturated carbocycles.